The Morgan fingerprint density at radius 3 is 2.89 bits per heavy atom. The van der Waals surface area contributed by atoms with Gasteiger partial charge < -0.3 is 5.73 Å². The van der Waals surface area contributed by atoms with E-state index in [9.17, 15) is 0 Å². The van der Waals surface area contributed by atoms with E-state index in [1.54, 1.807) is 23.6 Å². The molecule has 0 radical (unpaired) electrons. The first-order chi connectivity index (χ1) is 9.06. The van der Waals surface area contributed by atoms with E-state index in [0.717, 1.165) is 16.3 Å². The van der Waals surface area contributed by atoms with Crippen LogP contribution in [0.2, 0.25) is 5.02 Å². The highest BCUT2D eigenvalue weighted by atomic mass is 35.5. The molecule has 0 amide bonds. The van der Waals surface area contributed by atoms with E-state index in [2.05, 4.69) is 15.0 Å². The fourth-order valence-electron chi connectivity index (χ4n) is 2.03. The number of pyridine rings is 1. The molecule has 5 nitrogen and oxygen atoms in total. The van der Waals surface area contributed by atoms with Gasteiger partial charge in [-0.05, 0) is 19.9 Å². The molecule has 3 aromatic heterocycles. The Morgan fingerprint density at radius 2 is 2.21 bits per heavy atom. The maximum atomic E-state index is 5.99. The predicted molar refractivity (Wildman–Crippen MR) is 77.6 cm³/mol. The first-order valence-corrected chi connectivity index (χ1v) is 7.03. The molecular weight excluding hydrogens is 282 g/mol. The van der Waals surface area contributed by atoms with Gasteiger partial charge in [0.05, 0.1) is 11.1 Å². The van der Waals surface area contributed by atoms with E-state index >= 15 is 0 Å². The Balaban J connectivity index is 2.16. The lowest BCUT2D eigenvalue weighted by atomic mass is 10.3. The number of nitrogens with zero attached hydrogens (tertiary/aromatic N) is 4. The molecule has 0 bridgehead atoms. The molecule has 0 saturated heterocycles. The van der Waals surface area contributed by atoms with Gasteiger partial charge in [-0.3, -0.25) is 4.57 Å². The number of aryl methyl sites for hydroxylation is 1. The first kappa shape index (κ1) is 12.4. The van der Waals surface area contributed by atoms with Crippen molar-refractivity contribution >= 4 is 40.0 Å². The van der Waals surface area contributed by atoms with E-state index in [1.807, 2.05) is 23.8 Å². The number of imidazole rings is 1. The highest BCUT2D eigenvalue weighted by molar-refractivity contribution is 7.09. The van der Waals surface area contributed by atoms with Crippen LogP contribution in [0, 0.1) is 6.92 Å². The van der Waals surface area contributed by atoms with Crippen molar-refractivity contribution < 1.29 is 0 Å². The molecule has 98 valence electrons. The van der Waals surface area contributed by atoms with Crippen LogP contribution in [0.25, 0.3) is 11.2 Å². The van der Waals surface area contributed by atoms with Crippen molar-refractivity contribution in [1.82, 2.24) is 19.5 Å². The van der Waals surface area contributed by atoms with Crippen molar-refractivity contribution in [3.8, 4) is 0 Å². The molecule has 0 aliphatic rings. The van der Waals surface area contributed by atoms with Crippen molar-refractivity contribution in [2.75, 3.05) is 5.73 Å². The monoisotopic (exact) mass is 293 g/mol. The molecule has 0 saturated carbocycles. The van der Waals surface area contributed by atoms with Crippen LogP contribution in [0.1, 0.15) is 23.7 Å². The third-order valence-electron chi connectivity index (χ3n) is 2.91. The van der Waals surface area contributed by atoms with Crippen LogP contribution < -0.4 is 5.73 Å². The van der Waals surface area contributed by atoms with Gasteiger partial charge in [0.25, 0.3) is 0 Å². The fourth-order valence-corrected chi connectivity index (χ4v) is 3.03. The molecule has 3 rings (SSSR count). The molecule has 0 fully saturated rings. The minimum atomic E-state index is -0.00243. The average molecular weight is 294 g/mol. The fraction of sp³-hybridized carbons (Fsp3) is 0.250. The summed E-state index contributed by atoms with van der Waals surface area (Å²) in [6.45, 7) is 4.01. The van der Waals surface area contributed by atoms with E-state index in [1.165, 1.54) is 0 Å². The number of hydrogen-bond acceptors (Lipinski definition) is 5. The molecule has 3 aromatic rings. The summed E-state index contributed by atoms with van der Waals surface area (Å²) >= 11 is 7.52. The topological polar surface area (TPSA) is 69.6 Å². The van der Waals surface area contributed by atoms with Crippen LogP contribution in [0.3, 0.4) is 0 Å². The number of anilines is 1. The highest BCUT2D eigenvalue weighted by Crippen LogP contribution is 2.28. The lowest BCUT2D eigenvalue weighted by Gasteiger charge is -2.12. The molecule has 0 spiro atoms. The summed E-state index contributed by atoms with van der Waals surface area (Å²) in [6.07, 6.45) is 1.60. The lowest BCUT2D eigenvalue weighted by molar-refractivity contribution is 0.656. The van der Waals surface area contributed by atoms with Gasteiger partial charge in [0.1, 0.15) is 10.5 Å². The highest BCUT2D eigenvalue weighted by Gasteiger charge is 2.19. The van der Waals surface area contributed by atoms with Crippen LogP contribution in [0.5, 0.6) is 0 Å². The van der Waals surface area contributed by atoms with Crippen LogP contribution in [0.4, 0.5) is 5.95 Å². The second kappa shape index (κ2) is 4.47. The van der Waals surface area contributed by atoms with Crippen molar-refractivity contribution in [3.63, 3.8) is 0 Å². The maximum Gasteiger partial charge on any atom is 0.203 e. The zero-order valence-electron chi connectivity index (χ0n) is 10.5. The van der Waals surface area contributed by atoms with Crippen molar-refractivity contribution in [2.24, 2.45) is 0 Å². The zero-order valence-corrected chi connectivity index (χ0v) is 12.0. The number of rotatable bonds is 2. The molecule has 0 aliphatic heterocycles. The summed E-state index contributed by atoms with van der Waals surface area (Å²) in [4.78, 5) is 13.1. The van der Waals surface area contributed by atoms with Crippen LogP contribution >= 0.6 is 22.9 Å². The van der Waals surface area contributed by atoms with E-state index in [-0.39, 0.29) is 6.04 Å². The average Bonchev–Trinajstić information content (AvgIpc) is 2.91. The smallest absolute Gasteiger partial charge is 0.203 e. The number of fused-ring (bicyclic) bond motifs is 1. The minimum absolute atomic E-state index is 0.00243. The summed E-state index contributed by atoms with van der Waals surface area (Å²) in [5.41, 5.74) is 8.42. The molecule has 1 atom stereocenters. The Morgan fingerprint density at radius 1 is 1.42 bits per heavy atom. The Kier molecular flexibility index (Phi) is 2.91. The van der Waals surface area contributed by atoms with Crippen LogP contribution in [-0.4, -0.2) is 19.5 Å². The summed E-state index contributed by atoms with van der Waals surface area (Å²) < 4.78 is 1.88. The van der Waals surface area contributed by atoms with Crippen molar-refractivity contribution in [3.05, 3.63) is 33.4 Å². The lowest BCUT2D eigenvalue weighted by Crippen LogP contribution is -2.10. The predicted octanol–water partition coefficient (Wildman–Crippen LogP) is 3.04. The summed E-state index contributed by atoms with van der Waals surface area (Å²) in [5, 5.41) is 3.56. The van der Waals surface area contributed by atoms with Crippen molar-refractivity contribution in [2.45, 2.75) is 19.9 Å². The maximum absolute atomic E-state index is 5.99. The van der Waals surface area contributed by atoms with E-state index < -0.39 is 0 Å². The molecule has 3 heterocycles. The third kappa shape index (κ3) is 2.06. The number of thiazole rings is 1. The first-order valence-electron chi connectivity index (χ1n) is 5.77. The second-order valence-electron chi connectivity index (χ2n) is 4.34. The van der Waals surface area contributed by atoms with Crippen LogP contribution in [0.15, 0.2) is 17.6 Å². The number of nitrogens with two attached hydrogens (primary N) is 1. The second-order valence-corrected chi connectivity index (χ2v) is 5.67. The van der Waals surface area contributed by atoms with Gasteiger partial charge in [0.2, 0.25) is 5.95 Å². The molecule has 7 heteroatoms. The van der Waals surface area contributed by atoms with E-state index in [4.69, 9.17) is 17.3 Å². The van der Waals surface area contributed by atoms with Gasteiger partial charge in [-0.1, -0.05) is 11.6 Å². The van der Waals surface area contributed by atoms with Gasteiger partial charge in [0.15, 0.2) is 5.65 Å². The van der Waals surface area contributed by atoms with E-state index in [0.29, 0.717) is 16.5 Å². The number of nitrogen functional groups attached to an aromatic ring is 1. The molecule has 1 unspecified atom stereocenters. The third-order valence-corrected chi connectivity index (χ3v) is 4.24. The Labute approximate surface area is 119 Å². The van der Waals surface area contributed by atoms with Gasteiger partial charge >= 0.3 is 0 Å². The molecule has 0 aromatic carbocycles. The Hall–Kier alpha value is -1.66. The standard InChI is InChI=1S/C12H12ClN5S/c1-6-5-19-11(16-6)7(2)18-10-9(17-12(18)14)3-8(13)4-15-10/h3-5,7H,1-2H3,(H2,14,17). The van der Waals surface area contributed by atoms with Crippen LogP contribution in [-0.2, 0) is 0 Å². The van der Waals surface area contributed by atoms with Gasteiger partial charge in [-0.2, -0.15) is 0 Å². The quantitative estimate of drug-likeness (QED) is 0.788. The summed E-state index contributed by atoms with van der Waals surface area (Å²) in [6, 6.07) is 1.76. The van der Waals surface area contributed by atoms with Gasteiger partial charge in [0, 0.05) is 17.3 Å². The van der Waals surface area contributed by atoms with Gasteiger partial charge in [-0.25, -0.2) is 15.0 Å². The SMILES string of the molecule is Cc1csc(C(C)n2c(N)nc3cc(Cl)cnc32)n1. The molecule has 2 N–H and O–H groups in total. The molecule has 19 heavy (non-hydrogen) atoms. The molecule has 0 aliphatic carbocycles. The zero-order chi connectivity index (χ0) is 13.6. The minimum Gasteiger partial charge on any atom is -0.369 e. The van der Waals surface area contributed by atoms with Gasteiger partial charge in [-0.15, -0.1) is 11.3 Å². The number of aromatic nitrogens is 4. The number of halogens is 1. The normalized spacial score (nSPS) is 13.0. The summed E-state index contributed by atoms with van der Waals surface area (Å²) in [7, 11) is 0. The Bertz CT molecular complexity index is 748. The largest absolute Gasteiger partial charge is 0.369 e. The molecular formula is C12H12ClN5S. The van der Waals surface area contributed by atoms with Crippen molar-refractivity contribution in [1.29, 1.82) is 0 Å². The summed E-state index contributed by atoms with van der Waals surface area (Å²) in [5.74, 6) is 0.421. The number of hydrogen-bond donors (Lipinski definition) is 1.